The van der Waals surface area contributed by atoms with Crippen molar-refractivity contribution >= 4 is 14.5 Å². The van der Waals surface area contributed by atoms with Gasteiger partial charge in [0.1, 0.15) is 0 Å². The van der Waals surface area contributed by atoms with Crippen molar-refractivity contribution < 1.29 is 9.36 Å². The van der Waals surface area contributed by atoms with Gasteiger partial charge < -0.3 is 0 Å². The summed E-state index contributed by atoms with van der Waals surface area (Å²) in [4.78, 5) is 9.98. The highest BCUT2D eigenvalue weighted by atomic mass is 31.1. The van der Waals surface area contributed by atoms with Crippen molar-refractivity contribution in [2.24, 2.45) is 0 Å². The van der Waals surface area contributed by atoms with Crippen molar-refractivity contribution in [3.63, 3.8) is 0 Å². The molecule has 1 amide bonds. The van der Waals surface area contributed by atoms with Crippen molar-refractivity contribution in [3.05, 3.63) is 12.7 Å². The molecule has 0 saturated carbocycles. The van der Waals surface area contributed by atoms with Crippen molar-refractivity contribution in [2.45, 2.75) is 0 Å². The Labute approximate surface area is 42.7 Å². The molecule has 0 aromatic heterocycles. The van der Waals surface area contributed by atoms with Crippen LogP contribution in [-0.2, 0) is 9.36 Å². The Morgan fingerprint density at radius 1 is 1.86 bits per heavy atom. The van der Waals surface area contributed by atoms with Crippen LogP contribution in [-0.4, -0.2) is 5.91 Å². The molecule has 0 aromatic rings. The third-order valence-corrected chi connectivity index (χ3v) is 0.653. The van der Waals surface area contributed by atoms with Gasteiger partial charge in [-0.25, -0.2) is 4.57 Å². The molecule has 0 rings (SSSR count). The van der Waals surface area contributed by atoms with E-state index in [0.717, 1.165) is 6.08 Å². The summed E-state index contributed by atoms with van der Waals surface area (Å²) in [5, 5.41) is 1.95. The number of amides is 1. The van der Waals surface area contributed by atoms with Gasteiger partial charge >= 0.3 is 0 Å². The van der Waals surface area contributed by atoms with Crippen LogP contribution in [0.25, 0.3) is 0 Å². The van der Waals surface area contributed by atoms with E-state index < -0.39 is 5.91 Å². The summed E-state index contributed by atoms with van der Waals surface area (Å²) in [6, 6.07) is 0. The summed E-state index contributed by atoms with van der Waals surface area (Å²) in [5.41, 5.74) is 0. The van der Waals surface area contributed by atoms with E-state index in [1.54, 1.807) is 0 Å². The lowest BCUT2D eigenvalue weighted by Crippen LogP contribution is -2.06. The molecule has 1 N–H and O–H groups in total. The number of carbonyl (C=O) groups excluding carboxylic acids is 1. The molecule has 0 aliphatic rings. The molecule has 3 nitrogen and oxygen atoms in total. The van der Waals surface area contributed by atoms with Crippen LogP contribution in [0.15, 0.2) is 12.7 Å². The Hall–Kier alpha value is -0.690. The molecule has 0 atom stereocenters. The maximum Gasteiger partial charge on any atom is 0.281 e. The second kappa shape index (κ2) is 3.50. The zero-order valence-corrected chi connectivity index (χ0v) is 4.44. The van der Waals surface area contributed by atoms with Gasteiger partial charge in [-0.1, -0.05) is 6.58 Å². The standard InChI is InChI=1S/C3H4NO2P/c1-2-3(5)4-7-6/h2H,1H2,(H,4,5,6). The van der Waals surface area contributed by atoms with E-state index in [1.165, 1.54) is 0 Å². The number of nitrogens with one attached hydrogen (secondary N) is 1. The first-order chi connectivity index (χ1) is 3.31. The van der Waals surface area contributed by atoms with Gasteiger partial charge in [-0.05, 0) is 6.08 Å². The van der Waals surface area contributed by atoms with Gasteiger partial charge in [0.2, 0.25) is 0 Å². The van der Waals surface area contributed by atoms with Gasteiger partial charge in [-0.15, -0.1) is 0 Å². The zero-order valence-electron chi connectivity index (χ0n) is 3.55. The van der Waals surface area contributed by atoms with Crippen molar-refractivity contribution in [2.75, 3.05) is 0 Å². The maximum absolute atomic E-state index is 9.98. The smallest absolute Gasteiger partial charge is 0.272 e. The number of rotatable bonds is 2. The van der Waals surface area contributed by atoms with Crippen LogP contribution in [0.1, 0.15) is 0 Å². The largest absolute Gasteiger partial charge is 0.281 e. The van der Waals surface area contributed by atoms with E-state index in [0.29, 0.717) is 0 Å². The lowest BCUT2D eigenvalue weighted by atomic mass is 10.6. The third-order valence-electron chi connectivity index (χ3n) is 0.341. The summed E-state index contributed by atoms with van der Waals surface area (Å²) >= 11 is 0. The normalized spacial score (nSPS) is 8.00. The summed E-state index contributed by atoms with van der Waals surface area (Å²) in [6.45, 7) is 3.12. The van der Waals surface area contributed by atoms with E-state index >= 15 is 0 Å². The lowest BCUT2D eigenvalue weighted by Gasteiger charge is -1.79. The molecule has 0 saturated heterocycles. The predicted molar refractivity (Wildman–Crippen MR) is 25.9 cm³/mol. The van der Waals surface area contributed by atoms with Crippen LogP contribution in [0.4, 0.5) is 0 Å². The van der Waals surface area contributed by atoms with E-state index in [1.807, 2.05) is 5.09 Å². The number of carbonyl (C=O) groups is 1. The molecule has 0 spiro atoms. The zero-order chi connectivity index (χ0) is 5.70. The summed E-state index contributed by atoms with van der Waals surface area (Å²) in [7, 11) is -0.381. The summed E-state index contributed by atoms with van der Waals surface area (Å²) < 4.78 is 9.49. The summed E-state index contributed by atoms with van der Waals surface area (Å²) in [5.74, 6) is -0.434. The van der Waals surface area contributed by atoms with Gasteiger partial charge in [0.25, 0.3) is 14.5 Å². The topological polar surface area (TPSA) is 46.2 Å². The van der Waals surface area contributed by atoms with Gasteiger partial charge in [-0.3, -0.25) is 9.88 Å². The fourth-order valence-electron chi connectivity index (χ4n) is 0.0906. The molecule has 0 aliphatic heterocycles. The van der Waals surface area contributed by atoms with Crippen molar-refractivity contribution in [1.29, 1.82) is 0 Å². The average Bonchev–Trinajstić information content (AvgIpc) is 1.68. The number of hydrogen-bond acceptors (Lipinski definition) is 2. The highest BCUT2D eigenvalue weighted by Gasteiger charge is 1.85. The maximum atomic E-state index is 9.98. The quantitative estimate of drug-likeness (QED) is 0.422. The second-order valence-electron chi connectivity index (χ2n) is 0.771. The van der Waals surface area contributed by atoms with Gasteiger partial charge in [0.05, 0.1) is 0 Å². The molecule has 7 heavy (non-hydrogen) atoms. The van der Waals surface area contributed by atoms with Crippen LogP contribution in [0.5, 0.6) is 0 Å². The molecular weight excluding hydrogens is 113 g/mol. The summed E-state index contributed by atoms with van der Waals surface area (Å²) in [6.07, 6.45) is 1.05. The first kappa shape index (κ1) is 6.31. The Bertz CT molecular complexity index is 101. The van der Waals surface area contributed by atoms with Crippen LogP contribution in [0, 0.1) is 0 Å². The van der Waals surface area contributed by atoms with Crippen molar-refractivity contribution in [3.8, 4) is 0 Å². The van der Waals surface area contributed by atoms with E-state index in [9.17, 15) is 9.36 Å². The van der Waals surface area contributed by atoms with Crippen LogP contribution < -0.4 is 5.09 Å². The fourth-order valence-corrected chi connectivity index (χ4v) is 0.272. The van der Waals surface area contributed by atoms with Crippen LogP contribution >= 0.6 is 8.61 Å². The molecule has 0 radical (unpaired) electrons. The molecule has 4 heteroatoms. The van der Waals surface area contributed by atoms with Crippen LogP contribution in [0.3, 0.4) is 0 Å². The molecule has 0 unspecified atom stereocenters. The molecular formula is C3H4NO2P. The Morgan fingerprint density at radius 2 is 2.43 bits per heavy atom. The van der Waals surface area contributed by atoms with Gasteiger partial charge in [0, 0.05) is 0 Å². The molecule has 38 valence electrons. The molecule has 0 bridgehead atoms. The fraction of sp³-hybridized carbons (Fsp3) is 0. The van der Waals surface area contributed by atoms with Crippen LogP contribution in [0.2, 0.25) is 0 Å². The van der Waals surface area contributed by atoms with E-state index in [-0.39, 0.29) is 8.61 Å². The monoisotopic (exact) mass is 117 g/mol. The first-order valence-electron chi connectivity index (χ1n) is 1.56. The SMILES string of the molecule is C=CC(=O)NP=O. The molecule has 0 aliphatic carbocycles. The third kappa shape index (κ3) is 3.13. The van der Waals surface area contributed by atoms with Gasteiger partial charge in [-0.2, -0.15) is 0 Å². The first-order valence-corrected chi connectivity index (χ1v) is 2.37. The Kier molecular flexibility index (Phi) is 3.15. The second-order valence-corrected chi connectivity index (χ2v) is 1.18. The molecule has 0 aromatic carbocycles. The Balaban J connectivity index is 3.36. The minimum atomic E-state index is -0.434. The minimum absolute atomic E-state index is 0.381. The molecule has 0 fully saturated rings. The molecule has 0 heterocycles. The highest BCUT2D eigenvalue weighted by Crippen LogP contribution is 1.78. The number of hydrogen-bond donors (Lipinski definition) is 1. The Morgan fingerprint density at radius 3 is 2.57 bits per heavy atom. The average molecular weight is 117 g/mol. The highest BCUT2D eigenvalue weighted by molar-refractivity contribution is 7.22. The van der Waals surface area contributed by atoms with Gasteiger partial charge in [0.15, 0.2) is 0 Å². The lowest BCUT2D eigenvalue weighted by molar-refractivity contribution is -0.114. The minimum Gasteiger partial charge on any atom is -0.272 e. The predicted octanol–water partition coefficient (Wildman–Crippen LogP) is 0.495. The van der Waals surface area contributed by atoms with E-state index in [2.05, 4.69) is 6.58 Å². The van der Waals surface area contributed by atoms with Crippen molar-refractivity contribution in [1.82, 2.24) is 5.09 Å². The van der Waals surface area contributed by atoms with E-state index in [4.69, 9.17) is 0 Å².